The third-order valence-electron chi connectivity index (χ3n) is 4.43. The first-order chi connectivity index (χ1) is 15.2. The normalized spacial score (nSPS) is 9.91. The van der Waals surface area contributed by atoms with E-state index in [0.29, 0.717) is 12.1 Å². The molecule has 0 aliphatic heterocycles. The fraction of sp³-hybridized carbons (Fsp3) is 0.143. The number of hydrogen-bond donors (Lipinski definition) is 1. The number of nitro groups is 3. The minimum absolute atomic E-state index is 0.447. The zero-order valence-corrected chi connectivity index (χ0v) is 17.0. The standard InChI is InChI=1S/C15H17N.C6H3N3O7/c1-16(15-10-6-3-7-11-15)13-12-14-8-4-2-5-9-14;10-6-4(8(13)14)1-3(7(11)12)2-5(6)9(15)16/h2-11H,12-13H2,1H3;1-2,10H. The third-order valence-corrected chi connectivity index (χ3v) is 4.43. The Morgan fingerprint density at radius 1 is 0.781 bits per heavy atom. The van der Waals surface area contributed by atoms with Gasteiger partial charge in [0.25, 0.3) is 11.4 Å². The van der Waals surface area contributed by atoms with E-state index < -0.39 is 37.6 Å². The maximum Gasteiger partial charge on any atom is 0.324 e. The zero-order valence-electron chi connectivity index (χ0n) is 17.0. The lowest BCUT2D eigenvalue weighted by molar-refractivity contribution is -0.404. The van der Waals surface area contributed by atoms with Gasteiger partial charge >= 0.3 is 11.4 Å². The van der Waals surface area contributed by atoms with Gasteiger partial charge in [0, 0.05) is 19.3 Å². The van der Waals surface area contributed by atoms with Crippen LogP contribution in [0.2, 0.25) is 0 Å². The van der Waals surface area contributed by atoms with Gasteiger partial charge in [-0.3, -0.25) is 30.3 Å². The highest BCUT2D eigenvalue weighted by Gasteiger charge is 2.30. The molecule has 0 unspecified atom stereocenters. The molecule has 32 heavy (non-hydrogen) atoms. The van der Waals surface area contributed by atoms with Crippen LogP contribution in [0.4, 0.5) is 22.7 Å². The van der Waals surface area contributed by atoms with Crippen LogP contribution in [0.3, 0.4) is 0 Å². The van der Waals surface area contributed by atoms with Crippen molar-refractivity contribution in [3.05, 3.63) is 109 Å². The summed E-state index contributed by atoms with van der Waals surface area (Å²) in [5.74, 6) is -1.21. The van der Waals surface area contributed by atoms with Crippen LogP contribution in [0.15, 0.2) is 72.8 Å². The number of non-ortho nitro benzene ring substituents is 1. The molecule has 0 saturated carbocycles. The Bertz CT molecular complexity index is 1060. The van der Waals surface area contributed by atoms with Gasteiger partial charge in [-0.1, -0.05) is 48.5 Å². The highest BCUT2D eigenvalue weighted by molar-refractivity contribution is 5.64. The van der Waals surface area contributed by atoms with E-state index in [1.54, 1.807) is 0 Å². The van der Waals surface area contributed by atoms with Gasteiger partial charge in [0.15, 0.2) is 0 Å². The van der Waals surface area contributed by atoms with Crippen molar-refractivity contribution >= 4 is 22.7 Å². The van der Waals surface area contributed by atoms with Crippen LogP contribution in [0.1, 0.15) is 5.56 Å². The van der Waals surface area contributed by atoms with E-state index in [4.69, 9.17) is 5.11 Å². The number of anilines is 1. The molecule has 0 radical (unpaired) electrons. The molecule has 166 valence electrons. The fourth-order valence-electron chi connectivity index (χ4n) is 2.73. The van der Waals surface area contributed by atoms with Crippen LogP contribution < -0.4 is 4.90 Å². The third kappa shape index (κ3) is 6.49. The topological polar surface area (TPSA) is 153 Å². The summed E-state index contributed by atoms with van der Waals surface area (Å²) in [7, 11) is 2.14. The Morgan fingerprint density at radius 2 is 1.25 bits per heavy atom. The molecule has 0 spiro atoms. The average molecular weight is 440 g/mol. The minimum atomic E-state index is -1.21. The lowest BCUT2D eigenvalue weighted by Crippen LogP contribution is -2.19. The second-order valence-electron chi connectivity index (χ2n) is 6.60. The van der Waals surface area contributed by atoms with Gasteiger partial charge in [-0.25, -0.2) is 0 Å². The number of aromatic hydroxyl groups is 1. The van der Waals surface area contributed by atoms with E-state index in [9.17, 15) is 30.3 Å². The predicted octanol–water partition coefficient (Wildman–Crippen LogP) is 4.48. The van der Waals surface area contributed by atoms with Crippen molar-refractivity contribution in [2.45, 2.75) is 6.42 Å². The molecule has 3 aromatic rings. The van der Waals surface area contributed by atoms with Crippen molar-refractivity contribution in [2.24, 2.45) is 0 Å². The summed E-state index contributed by atoms with van der Waals surface area (Å²) in [6, 6.07) is 22.0. The number of likely N-dealkylation sites (N-methyl/N-ethyl adjacent to an activating group) is 1. The van der Waals surface area contributed by atoms with Gasteiger partial charge in [-0.05, 0) is 24.1 Å². The molecule has 0 aliphatic carbocycles. The molecule has 0 atom stereocenters. The second-order valence-corrected chi connectivity index (χ2v) is 6.60. The molecule has 0 amide bonds. The van der Waals surface area contributed by atoms with E-state index in [1.807, 2.05) is 0 Å². The molecular weight excluding hydrogens is 420 g/mol. The van der Waals surface area contributed by atoms with Crippen molar-refractivity contribution in [1.82, 2.24) is 0 Å². The maximum atomic E-state index is 10.4. The first-order valence-electron chi connectivity index (χ1n) is 9.31. The van der Waals surface area contributed by atoms with Crippen molar-refractivity contribution in [3.8, 4) is 5.75 Å². The van der Waals surface area contributed by atoms with E-state index >= 15 is 0 Å². The molecule has 0 aliphatic rings. The zero-order chi connectivity index (χ0) is 23.7. The van der Waals surface area contributed by atoms with E-state index in [-0.39, 0.29) is 0 Å². The summed E-state index contributed by atoms with van der Waals surface area (Å²) in [5.41, 5.74) is -0.332. The van der Waals surface area contributed by atoms with E-state index in [1.165, 1.54) is 11.3 Å². The van der Waals surface area contributed by atoms with Gasteiger partial charge in [0.1, 0.15) is 0 Å². The van der Waals surface area contributed by atoms with E-state index in [0.717, 1.165) is 13.0 Å². The Hall–Kier alpha value is -4.54. The highest BCUT2D eigenvalue weighted by atomic mass is 16.6. The fourth-order valence-corrected chi connectivity index (χ4v) is 2.73. The van der Waals surface area contributed by atoms with Crippen molar-refractivity contribution in [2.75, 3.05) is 18.5 Å². The van der Waals surface area contributed by atoms with Gasteiger partial charge < -0.3 is 10.0 Å². The molecular formula is C21H20N4O7. The van der Waals surface area contributed by atoms with Gasteiger partial charge in [0.05, 0.1) is 26.9 Å². The summed E-state index contributed by atoms with van der Waals surface area (Å²) < 4.78 is 0. The van der Waals surface area contributed by atoms with Crippen LogP contribution >= 0.6 is 0 Å². The SMILES string of the molecule is CN(CCc1ccccc1)c1ccccc1.O=[N+]([O-])c1cc([N+](=O)[O-])c(O)c([N+](=O)[O-])c1. The molecule has 0 aromatic heterocycles. The van der Waals surface area contributed by atoms with Gasteiger partial charge in [-0.2, -0.15) is 0 Å². The molecule has 0 fully saturated rings. The predicted molar refractivity (Wildman–Crippen MR) is 118 cm³/mol. The molecule has 3 rings (SSSR count). The smallest absolute Gasteiger partial charge is 0.324 e. The number of para-hydroxylation sites is 1. The summed E-state index contributed by atoms with van der Waals surface area (Å²) >= 11 is 0. The Morgan fingerprint density at radius 3 is 1.69 bits per heavy atom. The highest BCUT2D eigenvalue weighted by Crippen LogP contribution is 2.38. The molecule has 0 bridgehead atoms. The number of phenolic OH excluding ortho intramolecular Hbond substituents is 1. The summed E-state index contributed by atoms with van der Waals surface area (Å²) in [4.78, 5) is 30.1. The first kappa shape index (κ1) is 23.7. The second kappa shape index (κ2) is 11.0. The molecule has 11 heteroatoms. The summed E-state index contributed by atoms with van der Waals surface area (Å²) in [6.07, 6.45) is 1.09. The number of phenols is 1. The average Bonchev–Trinajstić information content (AvgIpc) is 2.78. The van der Waals surface area contributed by atoms with Crippen LogP contribution in [-0.4, -0.2) is 33.5 Å². The molecule has 1 N–H and O–H groups in total. The van der Waals surface area contributed by atoms with Gasteiger partial charge in [-0.15, -0.1) is 0 Å². The largest absolute Gasteiger partial charge is 0.497 e. The first-order valence-corrected chi connectivity index (χ1v) is 9.31. The Labute approximate surface area is 182 Å². The van der Waals surface area contributed by atoms with Crippen molar-refractivity contribution < 1.29 is 19.9 Å². The van der Waals surface area contributed by atoms with Crippen LogP contribution in [0.25, 0.3) is 0 Å². The van der Waals surface area contributed by atoms with Crippen LogP contribution in [-0.2, 0) is 6.42 Å². The quantitative estimate of drug-likeness (QED) is 0.417. The number of rotatable bonds is 7. The van der Waals surface area contributed by atoms with Crippen molar-refractivity contribution in [3.63, 3.8) is 0 Å². The number of nitrogens with zero attached hydrogens (tertiary/aromatic N) is 4. The van der Waals surface area contributed by atoms with Crippen LogP contribution in [0, 0.1) is 30.3 Å². The lowest BCUT2D eigenvalue weighted by Gasteiger charge is -2.19. The maximum absolute atomic E-state index is 10.4. The van der Waals surface area contributed by atoms with E-state index in [2.05, 4.69) is 72.6 Å². The molecule has 0 heterocycles. The number of benzene rings is 3. The Kier molecular flexibility index (Phi) is 8.17. The molecule has 11 nitrogen and oxygen atoms in total. The molecule has 0 saturated heterocycles. The summed E-state index contributed by atoms with van der Waals surface area (Å²) in [6.45, 7) is 1.05. The van der Waals surface area contributed by atoms with Crippen LogP contribution in [0.5, 0.6) is 5.75 Å². The molecule has 3 aromatic carbocycles. The number of nitro benzene ring substituents is 3. The summed E-state index contributed by atoms with van der Waals surface area (Å²) in [5, 5.41) is 40.2. The Balaban J connectivity index is 0.000000227. The van der Waals surface area contributed by atoms with Crippen molar-refractivity contribution in [1.29, 1.82) is 0 Å². The minimum Gasteiger partial charge on any atom is -0.497 e. The van der Waals surface area contributed by atoms with Gasteiger partial charge in [0.2, 0.25) is 0 Å². The number of hydrogen-bond acceptors (Lipinski definition) is 8. The monoisotopic (exact) mass is 440 g/mol. The lowest BCUT2D eigenvalue weighted by atomic mass is 10.1.